The standard InChI is InChI=1S/C30H16Br2N2O6/c31-17-11-7-15(8-12-17)27(35)21-5-1-3-19-23(29(37)33(39)25(19)21)24-20-4-2-6-22(26(20)34(40)30(24)38)28(36)16-9-13-18(32)14-10-16/h1-14,39-40H. The van der Waals surface area contributed by atoms with Gasteiger partial charge in [0, 0.05) is 42.3 Å². The van der Waals surface area contributed by atoms with Crippen LogP contribution in [0.15, 0.2) is 93.9 Å². The van der Waals surface area contributed by atoms with Crippen LogP contribution < -0.4 is 10.1 Å². The van der Waals surface area contributed by atoms with Crippen molar-refractivity contribution < 1.29 is 29.6 Å². The Morgan fingerprint density at radius 1 is 0.550 bits per heavy atom. The Balaban J connectivity index is 1.53. The number of carbonyl (C=O) groups is 4. The van der Waals surface area contributed by atoms with E-state index in [1.165, 1.54) is 24.3 Å². The van der Waals surface area contributed by atoms with Crippen molar-refractivity contribution >= 4 is 77.8 Å². The third-order valence-corrected chi connectivity index (χ3v) is 7.86. The molecule has 0 bridgehead atoms. The number of hydroxylamine groups is 2. The number of anilines is 2. The first-order valence-electron chi connectivity index (χ1n) is 11.9. The van der Waals surface area contributed by atoms with Crippen LogP contribution in [0.3, 0.4) is 0 Å². The third kappa shape index (κ3) is 3.96. The van der Waals surface area contributed by atoms with Gasteiger partial charge in [0.1, 0.15) is 0 Å². The maximum Gasteiger partial charge on any atom is 0.283 e. The number of rotatable bonds is 4. The van der Waals surface area contributed by atoms with E-state index >= 15 is 0 Å². The number of fused-ring (bicyclic) bond motifs is 2. The second kappa shape index (κ2) is 9.76. The fourth-order valence-corrected chi connectivity index (χ4v) is 5.48. The molecule has 196 valence electrons. The van der Waals surface area contributed by atoms with Crippen molar-refractivity contribution in [3.05, 3.63) is 127 Å². The molecule has 0 unspecified atom stereocenters. The minimum atomic E-state index is -0.944. The van der Waals surface area contributed by atoms with Crippen molar-refractivity contribution in [3.63, 3.8) is 0 Å². The van der Waals surface area contributed by atoms with E-state index in [1.807, 2.05) is 0 Å². The van der Waals surface area contributed by atoms with Crippen molar-refractivity contribution in [2.24, 2.45) is 0 Å². The van der Waals surface area contributed by atoms with Crippen LogP contribution in [-0.4, -0.2) is 33.8 Å². The number of para-hydroxylation sites is 2. The monoisotopic (exact) mass is 658 g/mol. The number of ketones is 2. The summed E-state index contributed by atoms with van der Waals surface area (Å²) in [6, 6.07) is 22.3. The summed E-state index contributed by atoms with van der Waals surface area (Å²) in [6.07, 6.45) is 0. The van der Waals surface area contributed by atoms with Gasteiger partial charge >= 0.3 is 0 Å². The molecule has 2 N–H and O–H groups in total. The lowest BCUT2D eigenvalue weighted by atomic mass is 9.92. The molecule has 2 aliphatic rings. The Labute approximate surface area is 243 Å². The van der Waals surface area contributed by atoms with Gasteiger partial charge in [-0.25, -0.2) is 0 Å². The lowest BCUT2D eigenvalue weighted by Crippen LogP contribution is -2.26. The molecule has 40 heavy (non-hydrogen) atoms. The van der Waals surface area contributed by atoms with Gasteiger partial charge in [-0.15, -0.1) is 0 Å². The number of carbonyl (C=O) groups excluding carboxylic acids is 4. The average Bonchev–Trinajstić information content (AvgIpc) is 3.36. The van der Waals surface area contributed by atoms with E-state index < -0.39 is 23.4 Å². The molecule has 0 saturated heterocycles. The zero-order valence-electron chi connectivity index (χ0n) is 20.3. The highest BCUT2D eigenvalue weighted by molar-refractivity contribution is 9.10. The second-order valence-electron chi connectivity index (χ2n) is 9.06. The van der Waals surface area contributed by atoms with Crippen LogP contribution in [0.2, 0.25) is 0 Å². The zero-order chi connectivity index (χ0) is 28.3. The summed E-state index contributed by atoms with van der Waals surface area (Å²) >= 11 is 6.66. The first-order valence-corrected chi connectivity index (χ1v) is 13.5. The summed E-state index contributed by atoms with van der Waals surface area (Å²) in [6.45, 7) is 0. The van der Waals surface area contributed by atoms with Gasteiger partial charge in [-0.3, -0.25) is 29.6 Å². The molecular weight excluding hydrogens is 644 g/mol. The fraction of sp³-hybridized carbons (Fsp3) is 0. The maximum absolute atomic E-state index is 13.4. The van der Waals surface area contributed by atoms with Crippen molar-refractivity contribution in [3.8, 4) is 0 Å². The molecule has 6 rings (SSSR count). The SMILES string of the molecule is O=C(c1ccc(Br)cc1)c1cccc2c1N(O)C(=O)C2=C1C(=O)N(O)c2c(C(=O)c3ccc(Br)cc3)cccc21. The largest absolute Gasteiger partial charge is 0.289 e. The van der Waals surface area contributed by atoms with Crippen LogP contribution in [0.25, 0.3) is 11.1 Å². The number of halogens is 2. The summed E-state index contributed by atoms with van der Waals surface area (Å²) in [7, 11) is 0. The Hall–Kier alpha value is -4.22. The lowest BCUT2D eigenvalue weighted by Gasteiger charge is -2.12. The van der Waals surface area contributed by atoms with Crippen molar-refractivity contribution in [2.75, 3.05) is 10.1 Å². The summed E-state index contributed by atoms with van der Waals surface area (Å²) in [5.41, 5.74) is 0.518. The predicted molar refractivity (Wildman–Crippen MR) is 153 cm³/mol. The van der Waals surface area contributed by atoms with E-state index in [2.05, 4.69) is 31.9 Å². The molecule has 10 heteroatoms. The normalized spacial score (nSPS) is 15.9. The number of nitrogens with zero attached hydrogens (tertiary/aromatic N) is 2. The Bertz CT molecular complexity index is 1680. The Morgan fingerprint density at radius 3 is 1.25 bits per heavy atom. The third-order valence-electron chi connectivity index (χ3n) is 6.80. The molecular formula is C30H16Br2N2O6. The smallest absolute Gasteiger partial charge is 0.283 e. The van der Waals surface area contributed by atoms with E-state index in [0.29, 0.717) is 21.3 Å². The maximum atomic E-state index is 13.4. The van der Waals surface area contributed by atoms with Gasteiger partial charge < -0.3 is 0 Å². The minimum absolute atomic E-state index is 0.0527. The molecule has 0 radical (unpaired) electrons. The Kier molecular flexibility index (Phi) is 6.35. The van der Waals surface area contributed by atoms with Crippen LogP contribution >= 0.6 is 31.9 Å². The van der Waals surface area contributed by atoms with E-state index in [0.717, 1.165) is 8.95 Å². The highest BCUT2D eigenvalue weighted by Crippen LogP contribution is 2.48. The number of hydrogen-bond donors (Lipinski definition) is 2. The van der Waals surface area contributed by atoms with Crippen molar-refractivity contribution in [1.29, 1.82) is 0 Å². The second-order valence-corrected chi connectivity index (χ2v) is 10.9. The van der Waals surface area contributed by atoms with Gasteiger partial charge in [-0.1, -0.05) is 56.1 Å². The summed E-state index contributed by atoms with van der Waals surface area (Å²) in [5, 5.41) is 22.4. The summed E-state index contributed by atoms with van der Waals surface area (Å²) in [4.78, 5) is 53.5. The van der Waals surface area contributed by atoms with Gasteiger partial charge in [0.2, 0.25) is 0 Å². The molecule has 0 fully saturated rings. The molecule has 4 aromatic rings. The first-order chi connectivity index (χ1) is 19.2. The fourth-order valence-electron chi connectivity index (χ4n) is 4.96. The molecule has 4 aromatic carbocycles. The van der Waals surface area contributed by atoms with Gasteiger partial charge in [-0.05, 0) is 60.7 Å². The number of benzene rings is 4. The molecule has 2 heterocycles. The Morgan fingerprint density at radius 2 is 0.900 bits per heavy atom. The number of amides is 2. The lowest BCUT2D eigenvalue weighted by molar-refractivity contribution is -0.119. The van der Waals surface area contributed by atoms with Crippen LogP contribution in [0.4, 0.5) is 11.4 Å². The molecule has 2 amide bonds. The molecule has 0 aliphatic carbocycles. The molecule has 0 spiro atoms. The van der Waals surface area contributed by atoms with Gasteiger partial charge in [-0.2, -0.15) is 10.1 Å². The van der Waals surface area contributed by atoms with Crippen LogP contribution in [0.1, 0.15) is 43.0 Å². The van der Waals surface area contributed by atoms with Gasteiger partial charge in [0.25, 0.3) is 11.8 Å². The number of hydrogen-bond acceptors (Lipinski definition) is 6. The van der Waals surface area contributed by atoms with Crippen molar-refractivity contribution in [2.45, 2.75) is 0 Å². The van der Waals surface area contributed by atoms with Crippen LogP contribution in [-0.2, 0) is 9.59 Å². The van der Waals surface area contributed by atoms with Crippen LogP contribution in [0, 0.1) is 0 Å². The topological polar surface area (TPSA) is 115 Å². The van der Waals surface area contributed by atoms with E-state index in [9.17, 15) is 29.6 Å². The zero-order valence-corrected chi connectivity index (χ0v) is 23.4. The molecule has 8 nitrogen and oxygen atoms in total. The van der Waals surface area contributed by atoms with Gasteiger partial charge in [0.15, 0.2) is 11.6 Å². The summed E-state index contributed by atoms with van der Waals surface area (Å²) < 4.78 is 1.55. The quantitative estimate of drug-likeness (QED) is 0.156. The molecule has 0 saturated carbocycles. The average molecular weight is 660 g/mol. The summed E-state index contributed by atoms with van der Waals surface area (Å²) in [5.74, 6) is -2.76. The highest BCUT2D eigenvalue weighted by atomic mass is 79.9. The predicted octanol–water partition coefficient (Wildman–Crippen LogP) is 6.06. The first kappa shape index (κ1) is 26.0. The van der Waals surface area contributed by atoms with Gasteiger partial charge in [0.05, 0.1) is 22.5 Å². The minimum Gasteiger partial charge on any atom is -0.289 e. The molecule has 2 aliphatic heterocycles. The molecule has 0 aromatic heterocycles. The highest BCUT2D eigenvalue weighted by Gasteiger charge is 2.44. The van der Waals surface area contributed by atoms with E-state index in [-0.39, 0.29) is 44.8 Å². The molecule has 0 atom stereocenters. The van der Waals surface area contributed by atoms with Crippen molar-refractivity contribution in [1.82, 2.24) is 0 Å². The van der Waals surface area contributed by atoms with E-state index in [4.69, 9.17) is 0 Å². The van der Waals surface area contributed by atoms with E-state index in [1.54, 1.807) is 60.7 Å². The van der Waals surface area contributed by atoms with Crippen LogP contribution in [0.5, 0.6) is 0 Å².